The zero-order valence-electron chi connectivity index (χ0n) is 12.5. The average Bonchev–Trinajstić information content (AvgIpc) is 2.44. The van der Waals surface area contributed by atoms with E-state index < -0.39 is 10.8 Å². The summed E-state index contributed by atoms with van der Waals surface area (Å²) in [7, 11) is 0.436. The molecule has 0 radical (unpaired) electrons. The van der Waals surface area contributed by atoms with Crippen LogP contribution in [0.5, 0.6) is 0 Å². The molecule has 1 aromatic rings. The predicted molar refractivity (Wildman–Crippen MR) is 83.1 cm³/mol. The van der Waals surface area contributed by atoms with Crippen molar-refractivity contribution >= 4 is 16.7 Å². The van der Waals surface area contributed by atoms with E-state index in [0.29, 0.717) is 23.9 Å². The van der Waals surface area contributed by atoms with Crippen molar-refractivity contribution < 1.29 is 9.00 Å². The average molecular weight is 296 g/mol. The molecule has 112 valence electrons. The molecule has 0 aliphatic carbocycles. The first-order valence-electron chi connectivity index (χ1n) is 6.88. The first kappa shape index (κ1) is 16.9. The number of amides is 1. The quantitative estimate of drug-likeness (QED) is 0.833. The van der Waals surface area contributed by atoms with Gasteiger partial charge in [-0.15, -0.1) is 0 Å². The number of carbonyl (C=O) groups excluding carboxylic acids is 1. The summed E-state index contributed by atoms with van der Waals surface area (Å²) in [5.74, 6) is 0.369. The standard InChI is InChI=1S/C15H24N2O2S/c1-12(2)13-5-7-14(8-6-13)20(19)11-15(18)17(3)10-4-9-16/h5-8,12H,4,9-11,16H2,1-3H3. The molecule has 0 heterocycles. The summed E-state index contributed by atoms with van der Waals surface area (Å²) in [6.07, 6.45) is 0.762. The molecule has 1 rings (SSSR count). The number of nitrogens with two attached hydrogens (primary N) is 1. The molecule has 20 heavy (non-hydrogen) atoms. The van der Waals surface area contributed by atoms with Gasteiger partial charge in [-0.1, -0.05) is 26.0 Å². The van der Waals surface area contributed by atoms with Crippen LogP contribution in [0, 0.1) is 0 Å². The van der Waals surface area contributed by atoms with Gasteiger partial charge >= 0.3 is 0 Å². The number of nitrogens with zero attached hydrogens (tertiary/aromatic N) is 1. The maximum Gasteiger partial charge on any atom is 0.235 e. The van der Waals surface area contributed by atoms with Crippen molar-refractivity contribution in [3.05, 3.63) is 29.8 Å². The minimum Gasteiger partial charge on any atom is -0.345 e. The lowest BCUT2D eigenvalue weighted by Crippen LogP contribution is -2.32. The Morgan fingerprint density at radius 1 is 1.30 bits per heavy atom. The Bertz CT molecular complexity index is 457. The fourth-order valence-electron chi connectivity index (χ4n) is 1.76. The zero-order chi connectivity index (χ0) is 15.1. The van der Waals surface area contributed by atoms with E-state index in [-0.39, 0.29) is 11.7 Å². The van der Waals surface area contributed by atoms with Gasteiger partial charge in [-0.25, -0.2) is 0 Å². The molecule has 0 saturated carbocycles. The Morgan fingerprint density at radius 3 is 2.40 bits per heavy atom. The van der Waals surface area contributed by atoms with Gasteiger partial charge in [0, 0.05) is 18.5 Å². The van der Waals surface area contributed by atoms with Gasteiger partial charge < -0.3 is 10.6 Å². The normalized spacial score (nSPS) is 12.4. The highest BCUT2D eigenvalue weighted by Crippen LogP contribution is 2.16. The third kappa shape index (κ3) is 5.06. The highest BCUT2D eigenvalue weighted by Gasteiger charge is 2.14. The van der Waals surface area contributed by atoms with Crippen molar-refractivity contribution in [1.29, 1.82) is 0 Å². The van der Waals surface area contributed by atoms with E-state index in [4.69, 9.17) is 5.73 Å². The van der Waals surface area contributed by atoms with Gasteiger partial charge in [-0.2, -0.15) is 0 Å². The molecule has 0 fully saturated rings. The predicted octanol–water partition coefficient (Wildman–Crippen LogP) is 1.72. The molecule has 0 saturated heterocycles. The topological polar surface area (TPSA) is 63.4 Å². The molecule has 4 nitrogen and oxygen atoms in total. The van der Waals surface area contributed by atoms with Gasteiger partial charge in [0.15, 0.2) is 0 Å². The lowest BCUT2D eigenvalue weighted by Gasteiger charge is -2.16. The first-order valence-corrected chi connectivity index (χ1v) is 8.20. The van der Waals surface area contributed by atoms with E-state index in [1.807, 2.05) is 24.3 Å². The fraction of sp³-hybridized carbons (Fsp3) is 0.533. The molecule has 0 spiro atoms. The Balaban J connectivity index is 2.59. The molecule has 1 unspecified atom stereocenters. The third-order valence-corrected chi connectivity index (χ3v) is 4.49. The van der Waals surface area contributed by atoms with Crippen LogP contribution >= 0.6 is 0 Å². The number of carbonyl (C=O) groups is 1. The summed E-state index contributed by atoms with van der Waals surface area (Å²) < 4.78 is 12.2. The molecule has 5 heteroatoms. The van der Waals surface area contributed by atoms with Crippen LogP contribution < -0.4 is 5.73 Å². The van der Waals surface area contributed by atoms with E-state index in [1.165, 1.54) is 5.56 Å². The van der Waals surface area contributed by atoms with Crippen molar-refractivity contribution in [3.8, 4) is 0 Å². The largest absolute Gasteiger partial charge is 0.345 e. The molecule has 2 N–H and O–H groups in total. The second kappa shape index (κ2) is 8.17. The summed E-state index contributed by atoms with van der Waals surface area (Å²) in [4.78, 5) is 14.2. The summed E-state index contributed by atoms with van der Waals surface area (Å²) in [5, 5.41) is 0. The molecule has 1 aromatic carbocycles. The number of benzene rings is 1. The second-order valence-corrected chi connectivity index (χ2v) is 6.62. The van der Waals surface area contributed by atoms with E-state index in [9.17, 15) is 9.00 Å². The van der Waals surface area contributed by atoms with Crippen molar-refractivity contribution in [1.82, 2.24) is 4.90 Å². The van der Waals surface area contributed by atoms with Gasteiger partial charge in [0.25, 0.3) is 0 Å². The maximum atomic E-state index is 12.2. The summed E-state index contributed by atoms with van der Waals surface area (Å²) in [5.41, 5.74) is 6.62. The highest BCUT2D eigenvalue weighted by molar-refractivity contribution is 7.85. The van der Waals surface area contributed by atoms with E-state index in [0.717, 1.165) is 6.42 Å². The second-order valence-electron chi connectivity index (χ2n) is 5.17. The molecular formula is C15H24N2O2S. The van der Waals surface area contributed by atoms with Gasteiger partial charge in [0.05, 0.1) is 10.8 Å². The summed E-state index contributed by atoms with van der Waals surface area (Å²) in [6, 6.07) is 7.64. The van der Waals surface area contributed by atoms with Crippen LogP contribution in [0.1, 0.15) is 31.7 Å². The smallest absolute Gasteiger partial charge is 0.235 e. The summed E-state index contributed by atoms with van der Waals surface area (Å²) >= 11 is 0. The minimum atomic E-state index is -1.28. The maximum absolute atomic E-state index is 12.2. The van der Waals surface area contributed by atoms with Gasteiger partial charge in [-0.3, -0.25) is 9.00 Å². The minimum absolute atomic E-state index is 0.0299. The lowest BCUT2D eigenvalue weighted by atomic mass is 10.0. The Morgan fingerprint density at radius 2 is 1.90 bits per heavy atom. The molecule has 0 aliphatic rings. The van der Waals surface area contributed by atoms with Crippen LogP contribution in [0.15, 0.2) is 29.2 Å². The van der Waals surface area contributed by atoms with Crippen LogP contribution in [0.2, 0.25) is 0 Å². The molecule has 1 atom stereocenters. The van der Waals surface area contributed by atoms with Crippen LogP contribution in [0.25, 0.3) is 0 Å². The van der Waals surface area contributed by atoms with Crippen molar-refractivity contribution in [3.63, 3.8) is 0 Å². The fourth-order valence-corrected chi connectivity index (χ4v) is 2.81. The SMILES string of the molecule is CC(C)c1ccc(S(=O)CC(=O)N(C)CCCN)cc1. The number of rotatable bonds is 7. The van der Waals surface area contributed by atoms with Crippen molar-refractivity contribution in [2.24, 2.45) is 5.73 Å². The molecule has 0 aromatic heterocycles. The number of hydrogen-bond donors (Lipinski definition) is 1. The van der Waals surface area contributed by atoms with Crippen LogP contribution in [-0.2, 0) is 15.6 Å². The Kier molecular flexibility index (Phi) is 6.88. The molecule has 0 aliphatic heterocycles. The summed E-state index contributed by atoms with van der Waals surface area (Å²) in [6.45, 7) is 5.39. The van der Waals surface area contributed by atoms with E-state index >= 15 is 0 Å². The van der Waals surface area contributed by atoms with Gasteiger partial charge in [0.2, 0.25) is 5.91 Å². The van der Waals surface area contributed by atoms with Gasteiger partial charge in [-0.05, 0) is 36.6 Å². The van der Waals surface area contributed by atoms with Crippen LogP contribution in [-0.4, -0.2) is 40.9 Å². The molecule has 1 amide bonds. The van der Waals surface area contributed by atoms with Crippen LogP contribution in [0.3, 0.4) is 0 Å². The first-order chi connectivity index (χ1) is 9.45. The zero-order valence-corrected chi connectivity index (χ0v) is 13.3. The number of hydrogen-bond acceptors (Lipinski definition) is 3. The van der Waals surface area contributed by atoms with E-state index in [1.54, 1.807) is 11.9 Å². The highest BCUT2D eigenvalue weighted by atomic mass is 32.2. The molecular weight excluding hydrogens is 272 g/mol. The van der Waals surface area contributed by atoms with E-state index in [2.05, 4.69) is 13.8 Å². The van der Waals surface area contributed by atoms with Crippen molar-refractivity contribution in [2.75, 3.05) is 25.9 Å². The monoisotopic (exact) mass is 296 g/mol. The molecule has 0 bridgehead atoms. The van der Waals surface area contributed by atoms with Crippen LogP contribution in [0.4, 0.5) is 0 Å². The Hall–Kier alpha value is -1.20. The Labute approximate surface area is 123 Å². The van der Waals surface area contributed by atoms with Gasteiger partial charge in [0.1, 0.15) is 5.75 Å². The third-order valence-electron chi connectivity index (χ3n) is 3.19. The van der Waals surface area contributed by atoms with Crippen molar-refractivity contribution in [2.45, 2.75) is 31.1 Å². The lowest BCUT2D eigenvalue weighted by molar-refractivity contribution is -0.127.